The van der Waals surface area contributed by atoms with Gasteiger partial charge in [0, 0.05) is 31.1 Å². The Hall–Kier alpha value is -3.74. The molecule has 0 fully saturated rings. The van der Waals surface area contributed by atoms with Gasteiger partial charge in [0.25, 0.3) is 0 Å². The third kappa shape index (κ3) is 6.16. The van der Waals surface area contributed by atoms with Crippen LogP contribution >= 0.6 is 0 Å². The first kappa shape index (κ1) is 23.9. The molecule has 3 aromatic rings. The van der Waals surface area contributed by atoms with Crippen LogP contribution in [-0.2, 0) is 11.8 Å². The van der Waals surface area contributed by atoms with Crippen molar-refractivity contribution in [2.45, 2.75) is 19.9 Å². The maximum atomic E-state index is 12.9. The third-order valence-electron chi connectivity index (χ3n) is 5.04. The topological polar surface area (TPSA) is 74.6 Å². The molecule has 7 heteroatoms. The second-order valence-corrected chi connectivity index (χ2v) is 8.03. The number of aryl methyl sites for hydroxylation is 1. The van der Waals surface area contributed by atoms with E-state index >= 15 is 0 Å². The van der Waals surface area contributed by atoms with Crippen molar-refractivity contribution in [3.63, 3.8) is 0 Å². The highest BCUT2D eigenvalue weighted by molar-refractivity contribution is 5.92. The second kappa shape index (κ2) is 11.2. The number of carbonyl (C=O) groups excluding carboxylic acids is 1. The summed E-state index contributed by atoms with van der Waals surface area (Å²) >= 11 is 0. The van der Waals surface area contributed by atoms with Gasteiger partial charge in [-0.1, -0.05) is 38.1 Å². The molecular weight excluding hydrogens is 418 g/mol. The van der Waals surface area contributed by atoms with Gasteiger partial charge in [-0.3, -0.25) is 4.79 Å². The first-order chi connectivity index (χ1) is 15.9. The molecule has 0 bridgehead atoms. The van der Waals surface area contributed by atoms with Crippen LogP contribution in [0.15, 0.2) is 60.9 Å². The molecule has 0 saturated heterocycles. The molecule has 3 rings (SSSR count). The zero-order valence-corrected chi connectivity index (χ0v) is 19.7. The number of benzene rings is 2. The Morgan fingerprint density at radius 1 is 1.09 bits per heavy atom. The van der Waals surface area contributed by atoms with Crippen molar-refractivity contribution in [1.82, 2.24) is 14.9 Å². The number of carbonyl (C=O) groups is 1. The Balaban J connectivity index is 1.80. The zero-order chi connectivity index (χ0) is 23.8. The minimum atomic E-state index is -0.473. The Morgan fingerprint density at radius 3 is 2.52 bits per heavy atom. The third-order valence-corrected chi connectivity index (χ3v) is 5.04. The highest BCUT2D eigenvalue weighted by Gasteiger charge is 2.23. The van der Waals surface area contributed by atoms with Gasteiger partial charge >= 0.3 is 0 Å². The average molecular weight is 450 g/mol. The van der Waals surface area contributed by atoms with Crippen molar-refractivity contribution in [3.8, 4) is 17.2 Å². The van der Waals surface area contributed by atoms with Gasteiger partial charge < -0.3 is 24.1 Å². The molecule has 1 atom stereocenters. The number of para-hydroxylation sites is 1. The molecule has 0 spiro atoms. The lowest BCUT2D eigenvalue weighted by Gasteiger charge is -2.20. The summed E-state index contributed by atoms with van der Waals surface area (Å²) in [5.74, 6) is 2.84. The van der Waals surface area contributed by atoms with Gasteiger partial charge in [-0.15, -0.1) is 0 Å². The number of aromatic nitrogens is 2. The maximum absolute atomic E-state index is 12.9. The summed E-state index contributed by atoms with van der Waals surface area (Å²) < 4.78 is 18.6. The zero-order valence-electron chi connectivity index (χ0n) is 19.7. The van der Waals surface area contributed by atoms with E-state index < -0.39 is 6.04 Å². The molecule has 0 saturated carbocycles. The molecule has 1 unspecified atom stereocenters. The summed E-state index contributed by atoms with van der Waals surface area (Å²) in [7, 11) is 5.10. The highest BCUT2D eigenvalue weighted by atomic mass is 16.5. The van der Waals surface area contributed by atoms with Crippen molar-refractivity contribution in [2.24, 2.45) is 13.0 Å². The molecule has 174 valence electrons. The summed E-state index contributed by atoms with van der Waals surface area (Å²) in [6.07, 6.45) is 6.78. The Bertz CT molecular complexity index is 1100. The van der Waals surface area contributed by atoms with Crippen LogP contribution in [0.2, 0.25) is 0 Å². The predicted octanol–water partition coefficient (Wildman–Crippen LogP) is 4.39. The fourth-order valence-corrected chi connectivity index (χ4v) is 3.37. The molecule has 1 aromatic heterocycles. The molecule has 7 nitrogen and oxygen atoms in total. The van der Waals surface area contributed by atoms with E-state index in [1.807, 2.05) is 60.3 Å². The molecular formula is C26H31N3O4. The van der Waals surface area contributed by atoms with Crippen LogP contribution in [0.4, 0.5) is 0 Å². The summed E-state index contributed by atoms with van der Waals surface area (Å²) in [6, 6.07) is 12.7. The Labute approximate surface area is 195 Å². The van der Waals surface area contributed by atoms with Gasteiger partial charge in [0.15, 0.2) is 11.5 Å². The first-order valence-corrected chi connectivity index (χ1v) is 10.8. The average Bonchev–Trinajstić information content (AvgIpc) is 3.25. The molecule has 0 radical (unpaired) electrons. The van der Waals surface area contributed by atoms with E-state index in [-0.39, 0.29) is 5.91 Å². The molecule has 0 aliphatic rings. The molecule has 0 aliphatic carbocycles. The van der Waals surface area contributed by atoms with Crippen LogP contribution in [0.25, 0.3) is 6.08 Å². The van der Waals surface area contributed by atoms with Gasteiger partial charge in [0.1, 0.15) is 17.6 Å². The fourth-order valence-electron chi connectivity index (χ4n) is 3.37. The van der Waals surface area contributed by atoms with E-state index in [4.69, 9.17) is 14.2 Å². The summed E-state index contributed by atoms with van der Waals surface area (Å²) in [5, 5.41) is 3.05. The van der Waals surface area contributed by atoms with Gasteiger partial charge in [-0.05, 0) is 35.8 Å². The SMILES string of the molecule is COc1cc(/C=C/C(=O)NC(c2ccccc2OC)c2nccn2C)ccc1OCC(C)C. The lowest BCUT2D eigenvalue weighted by atomic mass is 10.0. The Kier molecular flexibility index (Phi) is 8.13. The number of hydrogen-bond acceptors (Lipinski definition) is 5. The molecule has 1 heterocycles. The summed E-state index contributed by atoms with van der Waals surface area (Å²) in [6.45, 7) is 4.78. The van der Waals surface area contributed by atoms with Crippen molar-refractivity contribution in [3.05, 3.63) is 77.9 Å². The smallest absolute Gasteiger partial charge is 0.244 e. The first-order valence-electron chi connectivity index (χ1n) is 10.8. The van der Waals surface area contributed by atoms with Crippen molar-refractivity contribution in [2.75, 3.05) is 20.8 Å². The normalized spacial score (nSPS) is 12.1. The van der Waals surface area contributed by atoms with Gasteiger partial charge in [-0.2, -0.15) is 0 Å². The number of rotatable bonds is 10. The number of amides is 1. The number of hydrogen-bond donors (Lipinski definition) is 1. The van der Waals surface area contributed by atoms with Gasteiger partial charge in [0.05, 0.1) is 20.8 Å². The fraction of sp³-hybridized carbons (Fsp3) is 0.308. The molecule has 33 heavy (non-hydrogen) atoms. The molecule has 1 amide bonds. The van der Waals surface area contributed by atoms with Crippen LogP contribution in [0.1, 0.15) is 36.8 Å². The van der Waals surface area contributed by atoms with E-state index in [2.05, 4.69) is 24.1 Å². The largest absolute Gasteiger partial charge is 0.496 e. The van der Waals surface area contributed by atoms with E-state index in [9.17, 15) is 4.79 Å². The minimum absolute atomic E-state index is 0.256. The second-order valence-electron chi connectivity index (χ2n) is 8.03. The molecule has 0 aliphatic heterocycles. The predicted molar refractivity (Wildman–Crippen MR) is 129 cm³/mol. The van der Waals surface area contributed by atoms with E-state index in [0.717, 1.165) is 11.1 Å². The van der Waals surface area contributed by atoms with E-state index in [1.165, 1.54) is 6.08 Å². The van der Waals surface area contributed by atoms with Crippen molar-refractivity contribution >= 4 is 12.0 Å². The van der Waals surface area contributed by atoms with Crippen LogP contribution in [0, 0.1) is 5.92 Å². The van der Waals surface area contributed by atoms with Crippen LogP contribution in [0.3, 0.4) is 0 Å². The quantitative estimate of drug-likeness (QED) is 0.465. The van der Waals surface area contributed by atoms with E-state index in [0.29, 0.717) is 35.6 Å². The monoisotopic (exact) mass is 449 g/mol. The standard InChI is InChI=1S/C26H31N3O4/c1-18(2)17-33-22-12-10-19(16-23(22)32-5)11-13-24(30)28-25(26-27-14-15-29(26)3)20-8-6-7-9-21(20)31-4/h6-16,18,25H,17H2,1-5H3,(H,28,30)/b13-11+. The van der Waals surface area contributed by atoms with Crippen LogP contribution in [-0.4, -0.2) is 36.3 Å². The maximum Gasteiger partial charge on any atom is 0.244 e. The number of methoxy groups -OCH3 is 2. The molecule has 1 N–H and O–H groups in total. The number of nitrogens with zero attached hydrogens (tertiary/aromatic N) is 2. The lowest BCUT2D eigenvalue weighted by molar-refractivity contribution is -0.117. The molecule has 2 aromatic carbocycles. The van der Waals surface area contributed by atoms with Crippen LogP contribution in [0.5, 0.6) is 17.2 Å². The van der Waals surface area contributed by atoms with Gasteiger partial charge in [-0.25, -0.2) is 4.98 Å². The summed E-state index contributed by atoms with van der Waals surface area (Å²) in [4.78, 5) is 17.3. The van der Waals surface area contributed by atoms with Crippen molar-refractivity contribution in [1.29, 1.82) is 0 Å². The lowest BCUT2D eigenvalue weighted by Crippen LogP contribution is -2.30. The van der Waals surface area contributed by atoms with Gasteiger partial charge in [0.2, 0.25) is 5.91 Å². The highest BCUT2D eigenvalue weighted by Crippen LogP contribution is 2.30. The number of imidazole rings is 1. The Morgan fingerprint density at radius 2 is 1.85 bits per heavy atom. The summed E-state index contributed by atoms with van der Waals surface area (Å²) in [5.41, 5.74) is 1.65. The minimum Gasteiger partial charge on any atom is -0.496 e. The number of nitrogens with one attached hydrogen (secondary N) is 1. The number of ether oxygens (including phenoxy) is 3. The van der Waals surface area contributed by atoms with E-state index in [1.54, 1.807) is 26.5 Å². The van der Waals surface area contributed by atoms with Crippen LogP contribution < -0.4 is 19.5 Å². The van der Waals surface area contributed by atoms with Crippen molar-refractivity contribution < 1.29 is 19.0 Å².